The van der Waals surface area contributed by atoms with Gasteiger partial charge in [-0.1, -0.05) is 19.1 Å². The molecule has 0 aliphatic carbocycles. The van der Waals surface area contributed by atoms with E-state index in [0.29, 0.717) is 42.4 Å². The normalized spacial score (nSPS) is 23.5. The molecule has 0 aromatic heterocycles. The number of cyclic esters (lactones) is 1. The summed E-state index contributed by atoms with van der Waals surface area (Å²) in [7, 11) is 4.74. The van der Waals surface area contributed by atoms with Crippen LogP contribution in [0.15, 0.2) is 36.4 Å². The third-order valence-corrected chi connectivity index (χ3v) is 6.54. The van der Waals surface area contributed by atoms with Crippen molar-refractivity contribution in [1.29, 1.82) is 0 Å². The number of esters is 1. The molecular weight excluding hydrogens is 428 g/mol. The Bertz CT molecular complexity index is 990. The fourth-order valence-electron chi connectivity index (χ4n) is 4.74. The summed E-state index contributed by atoms with van der Waals surface area (Å²) in [5.74, 6) is 2.10. The van der Waals surface area contributed by atoms with Crippen LogP contribution in [-0.2, 0) is 25.4 Å². The highest BCUT2D eigenvalue weighted by molar-refractivity contribution is 5.80. The van der Waals surface area contributed by atoms with Crippen molar-refractivity contribution in [1.82, 2.24) is 0 Å². The largest absolute Gasteiger partial charge is 0.493 e. The first-order valence-corrected chi connectivity index (χ1v) is 10.9. The van der Waals surface area contributed by atoms with E-state index >= 15 is 0 Å². The zero-order valence-electron chi connectivity index (χ0n) is 19.4. The second-order valence-corrected chi connectivity index (χ2v) is 8.20. The minimum atomic E-state index is -0.779. The van der Waals surface area contributed by atoms with Crippen LogP contribution in [0, 0.1) is 11.3 Å². The van der Waals surface area contributed by atoms with Crippen LogP contribution < -0.4 is 18.9 Å². The lowest BCUT2D eigenvalue weighted by atomic mass is 9.68. The molecule has 178 valence electrons. The standard InChI is InChI=1S/C25H30O8/c1-5-25(12-16-6-8-20-22(10-16)32-15-31-20)18(13-30-14-27-2)23(33-24(25)26)17-7-9-19(28-3)21(11-17)29-4/h6-11,18,23H,5,12-15H2,1-4H3/t18-,23-,25-/m0/s1. The highest BCUT2D eigenvalue weighted by Gasteiger charge is 2.56. The van der Waals surface area contributed by atoms with E-state index in [1.807, 2.05) is 43.3 Å². The molecule has 3 atom stereocenters. The second kappa shape index (κ2) is 9.89. The monoisotopic (exact) mass is 458 g/mol. The molecular formula is C25H30O8. The van der Waals surface area contributed by atoms with Crippen molar-refractivity contribution in [3.63, 3.8) is 0 Å². The number of rotatable bonds is 10. The van der Waals surface area contributed by atoms with E-state index in [-0.39, 0.29) is 25.5 Å². The zero-order valence-corrected chi connectivity index (χ0v) is 19.4. The predicted octanol–water partition coefficient (Wildman–Crippen LogP) is 3.91. The van der Waals surface area contributed by atoms with E-state index in [1.165, 1.54) is 0 Å². The van der Waals surface area contributed by atoms with Crippen molar-refractivity contribution in [3.05, 3.63) is 47.5 Å². The quantitative estimate of drug-likeness (QED) is 0.301. The van der Waals surface area contributed by atoms with Crippen molar-refractivity contribution in [2.24, 2.45) is 11.3 Å². The predicted molar refractivity (Wildman–Crippen MR) is 119 cm³/mol. The summed E-state index contributed by atoms with van der Waals surface area (Å²) < 4.78 is 38.7. The number of methoxy groups -OCH3 is 3. The first kappa shape index (κ1) is 23.2. The number of carbonyl (C=O) groups excluding carboxylic acids is 1. The van der Waals surface area contributed by atoms with Gasteiger partial charge in [-0.3, -0.25) is 4.79 Å². The van der Waals surface area contributed by atoms with Crippen LogP contribution in [0.1, 0.15) is 30.6 Å². The van der Waals surface area contributed by atoms with Crippen molar-refractivity contribution >= 4 is 5.97 Å². The van der Waals surface area contributed by atoms with Gasteiger partial charge in [0.05, 0.1) is 26.2 Å². The molecule has 0 saturated carbocycles. The highest BCUT2D eigenvalue weighted by atomic mass is 16.7. The smallest absolute Gasteiger partial charge is 0.313 e. The van der Waals surface area contributed by atoms with E-state index < -0.39 is 11.5 Å². The van der Waals surface area contributed by atoms with Gasteiger partial charge in [-0.25, -0.2) is 0 Å². The van der Waals surface area contributed by atoms with E-state index in [0.717, 1.165) is 11.1 Å². The van der Waals surface area contributed by atoms with Gasteiger partial charge in [-0.2, -0.15) is 0 Å². The average molecular weight is 459 g/mol. The summed E-state index contributed by atoms with van der Waals surface area (Å²) >= 11 is 0. The minimum absolute atomic E-state index is 0.132. The number of ether oxygens (including phenoxy) is 7. The van der Waals surface area contributed by atoms with E-state index in [4.69, 9.17) is 33.2 Å². The molecule has 8 nitrogen and oxygen atoms in total. The molecule has 0 radical (unpaired) electrons. The van der Waals surface area contributed by atoms with Crippen LogP contribution in [0.25, 0.3) is 0 Å². The maximum Gasteiger partial charge on any atom is 0.313 e. The molecule has 0 bridgehead atoms. The molecule has 0 N–H and O–H groups in total. The van der Waals surface area contributed by atoms with Crippen molar-refractivity contribution < 1.29 is 38.0 Å². The van der Waals surface area contributed by atoms with Crippen molar-refractivity contribution in [3.8, 4) is 23.0 Å². The molecule has 0 unspecified atom stereocenters. The lowest BCUT2D eigenvalue weighted by Gasteiger charge is -2.32. The molecule has 2 aromatic carbocycles. The van der Waals surface area contributed by atoms with Crippen LogP contribution in [0.4, 0.5) is 0 Å². The lowest BCUT2D eigenvalue weighted by molar-refractivity contribution is -0.149. The van der Waals surface area contributed by atoms with Gasteiger partial charge < -0.3 is 33.2 Å². The Hall–Kier alpha value is -2.97. The molecule has 2 heterocycles. The fourth-order valence-corrected chi connectivity index (χ4v) is 4.74. The molecule has 0 spiro atoms. The third kappa shape index (κ3) is 4.32. The Morgan fingerprint density at radius 2 is 1.79 bits per heavy atom. The summed E-state index contributed by atoms with van der Waals surface area (Å²) in [6.45, 7) is 2.65. The Balaban J connectivity index is 1.69. The van der Waals surface area contributed by atoms with Gasteiger partial charge >= 0.3 is 5.97 Å². The van der Waals surface area contributed by atoms with Gasteiger partial charge in [0.2, 0.25) is 6.79 Å². The first-order chi connectivity index (χ1) is 16.1. The van der Waals surface area contributed by atoms with E-state index in [9.17, 15) is 4.79 Å². The SMILES string of the molecule is CC[C@@]1(Cc2ccc3c(c2)OCO3)C(=O)O[C@@H](c2ccc(OC)c(OC)c2)[C@@H]1COCOC. The molecule has 1 saturated heterocycles. The van der Waals surface area contributed by atoms with Crippen LogP contribution in [-0.4, -0.2) is 47.5 Å². The molecule has 2 aromatic rings. The molecule has 33 heavy (non-hydrogen) atoms. The molecule has 2 aliphatic heterocycles. The van der Waals surface area contributed by atoms with Crippen LogP contribution in [0.3, 0.4) is 0 Å². The number of carbonyl (C=O) groups is 1. The van der Waals surface area contributed by atoms with Crippen LogP contribution >= 0.6 is 0 Å². The molecule has 4 rings (SSSR count). The van der Waals surface area contributed by atoms with E-state index in [1.54, 1.807) is 21.3 Å². The first-order valence-electron chi connectivity index (χ1n) is 10.9. The maximum atomic E-state index is 13.4. The summed E-state index contributed by atoms with van der Waals surface area (Å²) in [6.07, 6.45) is 0.581. The summed E-state index contributed by atoms with van der Waals surface area (Å²) in [6, 6.07) is 11.3. The minimum Gasteiger partial charge on any atom is -0.493 e. The van der Waals surface area contributed by atoms with Gasteiger partial charge in [0, 0.05) is 13.0 Å². The number of fused-ring (bicyclic) bond motifs is 1. The summed E-state index contributed by atoms with van der Waals surface area (Å²) in [5.41, 5.74) is 1.02. The number of benzene rings is 2. The van der Waals surface area contributed by atoms with Gasteiger partial charge in [0.15, 0.2) is 23.0 Å². The van der Waals surface area contributed by atoms with Gasteiger partial charge in [0.1, 0.15) is 12.9 Å². The van der Waals surface area contributed by atoms with Gasteiger partial charge in [-0.05, 0) is 48.2 Å². The summed E-state index contributed by atoms with van der Waals surface area (Å²) in [4.78, 5) is 13.4. The van der Waals surface area contributed by atoms with Crippen LogP contribution in [0.2, 0.25) is 0 Å². The Morgan fingerprint density at radius 1 is 1.00 bits per heavy atom. The number of hydrogen-bond acceptors (Lipinski definition) is 8. The van der Waals surface area contributed by atoms with Gasteiger partial charge in [0.25, 0.3) is 0 Å². The highest BCUT2D eigenvalue weighted by Crippen LogP contribution is 2.52. The van der Waals surface area contributed by atoms with Crippen molar-refractivity contribution in [2.45, 2.75) is 25.9 Å². The fraction of sp³-hybridized carbons (Fsp3) is 0.480. The Kier molecular flexibility index (Phi) is 6.95. The zero-order chi connectivity index (χ0) is 23.4. The Labute approximate surface area is 193 Å². The van der Waals surface area contributed by atoms with Crippen LogP contribution in [0.5, 0.6) is 23.0 Å². The molecule has 8 heteroatoms. The maximum absolute atomic E-state index is 13.4. The van der Waals surface area contributed by atoms with Gasteiger partial charge in [-0.15, -0.1) is 0 Å². The molecule has 0 amide bonds. The molecule has 1 fully saturated rings. The lowest BCUT2D eigenvalue weighted by Crippen LogP contribution is -2.38. The Morgan fingerprint density at radius 3 is 2.52 bits per heavy atom. The second-order valence-electron chi connectivity index (χ2n) is 8.20. The topological polar surface area (TPSA) is 81.7 Å². The summed E-state index contributed by atoms with van der Waals surface area (Å²) in [5, 5.41) is 0. The third-order valence-electron chi connectivity index (χ3n) is 6.54. The average Bonchev–Trinajstić information content (AvgIpc) is 3.41. The molecule has 2 aliphatic rings. The van der Waals surface area contributed by atoms with E-state index in [2.05, 4.69) is 0 Å². The van der Waals surface area contributed by atoms with Crippen molar-refractivity contribution in [2.75, 3.05) is 41.5 Å². The number of hydrogen-bond donors (Lipinski definition) is 0.